The third kappa shape index (κ3) is 4.22. The van der Waals surface area contributed by atoms with E-state index in [1.54, 1.807) is 27.8 Å². The third-order valence-corrected chi connectivity index (χ3v) is 7.94. The first-order chi connectivity index (χ1) is 14.1. The van der Waals surface area contributed by atoms with Crippen LogP contribution in [0.1, 0.15) is 26.2 Å². The van der Waals surface area contributed by atoms with Gasteiger partial charge in [0.05, 0.1) is 16.3 Å². The summed E-state index contributed by atoms with van der Waals surface area (Å²) < 4.78 is 29.9. The van der Waals surface area contributed by atoms with E-state index in [1.807, 2.05) is 42.5 Å². The van der Waals surface area contributed by atoms with E-state index in [2.05, 4.69) is 16.9 Å². The van der Waals surface area contributed by atoms with Crippen molar-refractivity contribution in [3.8, 4) is 11.3 Å². The molecular formula is C22H25N3O2S2. The van der Waals surface area contributed by atoms with E-state index in [0.717, 1.165) is 47.6 Å². The number of nitrogens with zero attached hydrogens (tertiary/aromatic N) is 3. The first kappa shape index (κ1) is 20.1. The number of aromatic nitrogens is 1. The van der Waals surface area contributed by atoms with Crippen molar-refractivity contribution in [3.05, 3.63) is 64.8 Å². The molecule has 0 spiro atoms. The molecule has 0 atom stereocenters. The largest absolute Gasteiger partial charge is 0.317 e. The van der Waals surface area contributed by atoms with Crippen LogP contribution in [-0.2, 0) is 16.6 Å². The van der Waals surface area contributed by atoms with Gasteiger partial charge in [0.15, 0.2) is 4.80 Å². The predicted octanol–water partition coefficient (Wildman–Crippen LogP) is 4.64. The van der Waals surface area contributed by atoms with Crippen molar-refractivity contribution < 1.29 is 8.42 Å². The van der Waals surface area contributed by atoms with Crippen molar-refractivity contribution in [1.29, 1.82) is 0 Å². The van der Waals surface area contributed by atoms with E-state index in [0.29, 0.717) is 18.0 Å². The van der Waals surface area contributed by atoms with Crippen LogP contribution < -0.4 is 4.80 Å². The van der Waals surface area contributed by atoms with E-state index in [1.165, 1.54) is 0 Å². The molecule has 0 radical (unpaired) electrons. The van der Waals surface area contributed by atoms with Gasteiger partial charge in [-0.25, -0.2) is 13.4 Å². The number of rotatable bonds is 5. The Morgan fingerprint density at radius 2 is 1.76 bits per heavy atom. The second-order valence-corrected chi connectivity index (χ2v) is 9.86. The highest BCUT2D eigenvalue weighted by molar-refractivity contribution is 7.89. The Balaban J connectivity index is 1.73. The Morgan fingerprint density at radius 3 is 2.48 bits per heavy atom. The molecule has 2 heterocycles. The molecule has 5 nitrogen and oxygen atoms in total. The minimum atomic E-state index is -3.45. The van der Waals surface area contributed by atoms with E-state index in [9.17, 15) is 8.42 Å². The van der Waals surface area contributed by atoms with Gasteiger partial charge >= 0.3 is 0 Å². The number of benzene rings is 2. The number of hydrogen-bond donors (Lipinski definition) is 0. The molecule has 1 aliphatic rings. The van der Waals surface area contributed by atoms with E-state index >= 15 is 0 Å². The van der Waals surface area contributed by atoms with Crippen molar-refractivity contribution in [2.24, 2.45) is 4.99 Å². The van der Waals surface area contributed by atoms with Crippen molar-refractivity contribution in [2.75, 3.05) is 13.1 Å². The van der Waals surface area contributed by atoms with Gasteiger partial charge in [-0.1, -0.05) is 36.8 Å². The maximum absolute atomic E-state index is 13.1. The predicted molar refractivity (Wildman–Crippen MR) is 118 cm³/mol. The fourth-order valence-electron chi connectivity index (χ4n) is 3.64. The van der Waals surface area contributed by atoms with Crippen LogP contribution in [0.25, 0.3) is 11.3 Å². The molecule has 2 aromatic carbocycles. The molecule has 4 rings (SSSR count). The second kappa shape index (κ2) is 8.65. The fraction of sp³-hybridized carbons (Fsp3) is 0.318. The molecule has 1 fully saturated rings. The number of sulfonamides is 1. The van der Waals surface area contributed by atoms with Gasteiger partial charge in [0, 0.05) is 30.6 Å². The van der Waals surface area contributed by atoms with Crippen LogP contribution in [0, 0.1) is 0 Å². The number of piperidine rings is 1. The smallest absolute Gasteiger partial charge is 0.243 e. The Morgan fingerprint density at radius 1 is 1.00 bits per heavy atom. The average Bonchev–Trinajstić information content (AvgIpc) is 3.17. The molecule has 3 aromatic rings. The molecule has 1 aromatic heterocycles. The summed E-state index contributed by atoms with van der Waals surface area (Å²) in [7, 11) is -3.45. The highest BCUT2D eigenvalue weighted by atomic mass is 32.2. The van der Waals surface area contributed by atoms with Crippen molar-refractivity contribution in [2.45, 2.75) is 37.6 Å². The second-order valence-electron chi connectivity index (χ2n) is 7.09. The molecule has 152 valence electrons. The lowest BCUT2D eigenvalue weighted by Crippen LogP contribution is -2.35. The van der Waals surface area contributed by atoms with Gasteiger partial charge in [-0.3, -0.25) is 0 Å². The maximum Gasteiger partial charge on any atom is 0.243 e. The van der Waals surface area contributed by atoms with Gasteiger partial charge in [-0.05, 0) is 44.0 Å². The zero-order valence-electron chi connectivity index (χ0n) is 16.5. The van der Waals surface area contributed by atoms with Gasteiger partial charge in [-0.2, -0.15) is 4.31 Å². The van der Waals surface area contributed by atoms with Gasteiger partial charge in [0.2, 0.25) is 10.0 Å². The highest BCUT2D eigenvalue weighted by Gasteiger charge is 2.26. The first-order valence-electron chi connectivity index (χ1n) is 9.98. The van der Waals surface area contributed by atoms with Crippen LogP contribution in [-0.4, -0.2) is 30.4 Å². The Bertz CT molecular complexity index is 1140. The summed E-state index contributed by atoms with van der Waals surface area (Å²) in [5.41, 5.74) is 2.79. The molecule has 0 unspecified atom stereocenters. The summed E-state index contributed by atoms with van der Waals surface area (Å²) in [6.07, 6.45) is 2.97. The molecule has 7 heteroatoms. The number of hydrogen-bond acceptors (Lipinski definition) is 4. The third-order valence-electron chi connectivity index (χ3n) is 5.18. The molecule has 0 N–H and O–H groups in total. The van der Waals surface area contributed by atoms with Gasteiger partial charge in [0.1, 0.15) is 0 Å². The SMILES string of the molecule is CCn1c(-c2cccc(S(=O)(=O)N3CCCCC3)c2)csc1=Nc1ccccc1. The number of para-hydroxylation sites is 1. The van der Waals surface area contributed by atoms with Crippen molar-refractivity contribution >= 4 is 27.0 Å². The Hall–Kier alpha value is -2.22. The lowest BCUT2D eigenvalue weighted by atomic mass is 10.2. The molecule has 1 aliphatic heterocycles. The minimum Gasteiger partial charge on any atom is -0.317 e. The van der Waals surface area contributed by atoms with Gasteiger partial charge < -0.3 is 4.57 Å². The molecule has 0 aliphatic carbocycles. The topological polar surface area (TPSA) is 54.7 Å². The zero-order valence-corrected chi connectivity index (χ0v) is 18.1. The highest BCUT2D eigenvalue weighted by Crippen LogP contribution is 2.26. The van der Waals surface area contributed by atoms with Gasteiger partial charge in [-0.15, -0.1) is 11.3 Å². The van der Waals surface area contributed by atoms with Crippen molar-refractivity contribution in [3.63, 3.8) is 0 Å². The van der Waals surface area contributed by atoms with Gasteiger partial charge in [0.25, 0.3) is 0 Å². The quantitative estimate of drug-likeness (QED) is 0.595. The van der Waals surface area contributed by atoms with Crippen molar-refractivity contribution in [1.82, 2.24) is 8.87 Å². The maximum atomic E-state index is 13.1. The molecule has 1 saturated heterocycles. The normalized spacial score (nSPS) is 16.2. The summed E-state index contributed by atoms with van der Waals surface area (Å²) in [5.74, 6) is 0. The molecular weight excluding hydrogens is 402 g/mol. The van der Waals surface area contributed by atoms with E-state index in [4.69, 9.17) is 4.99 Å². The summed E-state index contributed by atoms with van der Waals surface area (Å²) in [6, 6.07) is 17.2. The average molecular weight is 428 g/mol. The van der Waals surface area contributed by atoms with Crippen LogP contribution >= 0.6 is 11.3 Å². The first-order valence-corrected chi connectivity index (χ1v) is 12.3. The Labute approximate surface area is 176 Å². The Kier molecular flexibility index (Phi) is 5.99. The van der Waals surface area contributed by atoms with Crippen LogP contribution in [0.4, 0.5) is 5.69 Å². The fourth-order valence-corrected chi connectivity index (χ4v) is 6.19. The lowest BCUT2D eigenvalue weighted by Gasteiger charge is -2.26. The van der Waals surface area contributed by atoms with Crippen LogP contribution in [0.15, 0.2) is 69.9 Å². The molecule has 0 saturated carbocycles. The summed E-state index contributed by atoms with van der Waals surface area (Å²) in [5, 5.41) is 2.05. The number of thiazole rings is 1. The van der Waals surface area contributed by atoms with E-state index < -0.39 is 10.0 Å². The minimum absolute atomic E-state index is 0.368. The summed E-state index contributed by atoms with van der Waals surface area (Å²) >= 11 is 1.57. The van der Waals surface area contributed by atoms with Crippen LogP contribution in [0.5, 0.6) is 0 Å². The summed E-state index contributed by atoms with van der Waals surface area (Å²) in [4.78, 5) is 6.03. The zero-order chi connectivity index (χ0) is 20.3. The van der Waals surface area contributed by atoms with Crippen LogP contribution in [0.2, 0.25) is 0 Å². The summed E-state index contributed by atoms with van der Waals surface area (Å²) in [6.45, 7) is 4.06. The molecule has 0 amide bonds. The monoisotopic (exact) mass is 427 g/mol. The van der Waals surface area contributed by atoms with Crippen LogP contribution in [0.3, 0.4) is 0 Å². The lowest BCUT2D eigenvalue weighted by molar-refractivity contribution is 0.346. The van der Waals surface area contributed by atoms with E-state index in [-0.39, 0.29) is 0 Å². The standard InChI is InChI=1S/C22H25N3O2S2/c1-2-25-21(17-28-22(25)23-19-11-5-3-6-12-19)18-10-9-13-20(16-18)29(26,27)24-14-7-4-8-15-24/h3,5-6,9-13,16-17H,2,4,7-8,14-15H2,1H3. The molecule has 29 heavy (non-hydrogen) atoms. The molecule has 0 bridgehead atoms.